The first-order chi connectivity index (χ1) is 12.5. The number of imide groups is 1. The Labute approximate surface area is 152 Å². The van der Waals surface area contributed by atoms with Crippen molar-refractivity contribution in [3.8, 4) is 0 Å². The van der Waals surface area contributed by atoms with Gasteiger partial charge in [-0.2, -0.15) is 0 Å². The maximum absolute atomic E-state index is 12.6. The van der Waals surface area contributed by atoms with E-state index in [2.05, 4.69) is 17.2 Å². The second-order valence-corrected chi connectivity index (χ2v) is 6.73. The number of rotatable bonds is 7. The number of hydrogen-bond donors (Lipinski definition) is 3. The highest BCUT2D eigenvalue weighted by Crippen LogP contribution is 2.28. The topological polar surface area (TPSA) is 105 Å². The van der Waals surface area contributed by atoms with Crippen LogP contribution in [-0.2, 0) is 22.7 Å². The number of benzene rings is 1. The number of nitrogens with zero attached hydrogens (tertiary/aromatic N) is 1. The van der Waals surface area contributed by atoms with Crippen molar-refractivity contribution in [2.45, 2.75) is 44.4 Å². The minimum Gasteiger partial charge on any atom is -0.329 e. The van der Waals surface area contributed by atoms with E-state index in [1.807, 2.05) is 24.3 Å². The molecule has 7 nitrogen and oxygen atoms in total. The molecule has 138 valence electrons. The minimum absolute atomic E-state index is 0.152. The van der Waals surface area contributed by atoms with E-state index in [1.165, 1.54) is 0 Å². The summed E-state index contributed by atoms with van der Waals surface area (Å²) in [5.74, 6) is -0.822. The molecule has 0 spiro atoms. The number of piperidine rings is 1. The monoisotopic (exact) mass is 356 g/mol. The summed E-state index contributed by atoms with van der Waals surface area (Å²) in [6, 6.07) is 5.31. The second-order valence-electron chi connectivity index (χ2n) is 6.73. The van der Waals surface area contributed by atoms with Crippen LogP contribution >= 0.6 is 0 Å². The molecule has 2 unspecified atom stereocenters. The van der Waals surface area contributed by atoms with E-state index in [0.717, 1.165) is 17.5 Å². The molecule has 7 heteroatoms. The van der Waals surface area contributed by atoms with Crippen LogP contribution in [0, 0.1) is 0 Å². The van der Waals surface area contributed by atoms with Crippen molar-refractivity contribution in [3.05, 3.63) is 47.5 Å². The predicted molar refractivity (Wildman–Crippen MR) is 97.0 cm³/mol. The summed E-state index contributed by atoms with van der Waals surface area (Å²) < 4.78 is 0. The Hall–Kier alpha value is -2.51. The van der Waals surface area contributed by atoms with E-state index in [1.54, 1.807) is 4.90 Å². The Balaban J connectivity index is 1.69. The first-order valence-corrected chi connectivity index (χ1v) is 8.84. The van der Waals surface area contributed by atoms with E-state index in [9.17, 15) is 14.4 Å². The van der Waals surface area contributed by atoms with E-state index in [-0.39, 0.29) is 30.2 Å². The smallest absolute Gasteiger partial charge is 0.255 e. The van der Waals surface area contributed by atoms with Crippen LogP contribution in [0.5, 0.6) is 0 Å². The van der Waals surface area contributed by atoms with Crippen LogP contribution in [0.25, 0.3) is 0 Å². The van der Waals surface area contributed by atoms with Crippen LogP contribution in [-0.4, -0.2) is 41.2 Å². The van der Waals surface area contributed by atoms with Gasteiger partial charge in [-0.25, -0.2) is 0 Å². The Morgan fingerprint density at radius 3 is 2.88 bits per heavy atom. The lowest BCUT2D eigenvalue weighted by atomic mass is 10.0. The number of carbonyl (C=O) groups is 3. The summed E-state index contributed by atoms with van der Waals surface area (Å²) in [6.45, 7) is 5.30. The number of fused-ring (bicyclic) bond motifs is 1. The molecule has 1 saturated heterocycles. The van der Waals surface area contributed by atoms with E-state index in [0.29, 0.717) is 31.6 Å². The van der Waals surface area contributed by atoms with Gasteiger partial charge in [0.1, 0.15) is 6.04 Å². The number of hydrogen-bond acceptors (Lipinski definition) is 5. The number of carbonyl (C=O) groups excluding carboxylic acids is 3. The van der Waals surface area contributed by atoms with Gasteiger partial charge >= 0.3 is 0 Å². The van der Waals surface area contributed by atoms with Gasteiger partial charge in [0.05, 0.1) is 0 Å². The fraction of sp³-hybridized carbons (Fsp3) is 0.421. The molecule has 26 heavy (non-hydrogen) atoms. The lowest BCUT2D eigenvalue weighted by Gasteiger charge is -2.29. The fourth-order valence-corrected chi connectivity index (χ4v) is 3.46. The second kappa shape index (κ2) is 7.80. The summed E-state index contributed by atoms with van der Waals surface area (Å²) in [6.07, 6.45) is 3.26. The molecule has 2 aliphatic rings. The van der Waals surface area contributed by atoms with Gasteiger partial charge in [-0.15, -0.1) is 6.58 Å². The normalized spacial score (nSPS) is 20.7. The van der Waals surface area contributed by atoms with E-state index < -0.39 is 6.04 Å². The SMILES string of the molecule is C=CCC(CN)NCc1ccc2c(c1)CN(C1CCC(=O)NC1=O)C2=O. The molecule has 1 aromatic rings. The van der Waals surface area contributed by atoms with Crippen LogP contribution in [0.4, 0.5) is 0 Å². The van der Waals surface area contributed by atoms with Crippen LogP contribution in [0.2, 0.25) is 0 Å². The van der Waals surface area contributed by atoms with E-state index in [4.69, 9.17) is 5.73 Å². The van der Waals surface area contributed by atoms with Gasteiger partial charge in [-0.3, -0.25) is 19.7 Å². The summed E-state index contributed by atoms with van der Waals surface area (Å²) in [5.41, 5.74) is 8.33. The van der Waals surface area contributed by atoms with Gasteiger partial charge in [-0.1, -0.05) is 18.2 Å². The Bertz CT molecular complexity index is 746. The quantitative estimate of drug-likeness (QED) is 0.486. The molecular formula is C19H24N4O3. The zero-order chi connectivity index (χ0) is 18.7. The van der Waals surface area contributed by atoms with Crippen molar-refractivity contribution >= 4 is 17.7 Å². The van der Waals surface area contributed by atoms with Crippen molar-refractivity contribution in [2.24, 2.45) is 5.73 Å². The molecule has 0 radical (unpaired) electrons. The first-order valence-electron chi connectivity index (χ1n) is 8.84. The third-order valence-electron chi connectivity index (χ3n) is 4.92. The third kappa shape index (κ3) is 3.68. The van der Waals surface area contributed by atoms with Crippen molar-refractivity contribution in [3.63, 3.8) is 0 Å². The molecule has 0 aliphatic carbocycles. The van der Waals surface area contributed by atoms with Crippen molar-refractivity contribution in [1.82, 2.24) is 15.5 Å². The Kier molecular flexibility index (Phi) is 5.49. The van der Waals surface area contributed by atoms with Gasteiger partial charge in [0.2, 0.25) is 11.8 Å². The summed E-state index contributed by atoms with van der Waals surface area (Å²) in [4.78, 5) is 37.6. The van der Waals surface area contributed by atoms with Crippen molar-refractivity contribution in [1.29, 1.82) is 0 Å². The van der Waals surface area contributed by atoms with Gasteiger partial charge in [0.25, 0.3) is 5.91 Å². The highest BCUT2D eigenvalue weighted by molar-refractivity contribution is 6.05. The maximum atomic E-state index is 12.6. The number of nitrogens with one attached hydrogen (secondary N) is 2. The minimum atomic E-state index is -0.580. The zero-order valence-corrected chi connectivity index (χ0v) is 14.7. The van der Waals surface area contributed by atoms with Crippen LogP contribution in [0.3, 0.4) is 0 Å². The van der Waals surface area contributed by atoms with Crippen LogP contribution in [0.15, 0.2) is 30.9 Å². The Morgan fingerprint density at radius 2 is 2.19 bits per heavy atom. The Morgan fingerprint density at radius 1 is 1.38 bits per heavy atom. The summed E-state index contributed by atoms with van der Waals surface area (Å²) in [5, 5.41) is 5.69. The molecule has 0 saturated carbocycles. The predicted octanol–water partition coefficient (Wildman–Crippen LogP) is 0.441. The molecule has 2 atom stereocenters. The average Bonchev–Trinajstić information content (AvgIpc) is 2.94. The number of nitrogens with two attached hydrogens (primary N) is 1. The fourth-order valence-electron chi connectivity index (χ4n) is 3.46. The first kappa shape index (κ1) is 18.3. The van der Waals surface area contributed by atoms with Crippen molar-refractivity contribution < 1.29 is 14.4 Å². The van der Waals surface area contributed by atoms with Gasteiger partial charge in [0.15, 0.2) is 0 Å². The molecule has 3 rings (SSSR count). The van der Waals surface area contributed by atoms with E-state index >= 15 is 0 Å². The molecule has 1 fully saturated rings. The average molecular weight is 356 g/mol. The number of amides is 3. The molecule has 1 aromatic carbocycles. The molecule has 0 aromatic heterocycles. The summed E-state index contributed by atoms with van der Waals surface area (Å²) >= 11 is 0. The summed E-state index contributed by atoms with van der Waals surface area (Å²) in [7, 11) is 0. The molecule has 0 bridgehead atoms. The van der Waals surface area contributed by atoms with Gasteiger partial charge in [0, 0.05) is 37.7 Å². The van der Waals surface area contributed by atoms with Gasteiger partial charge < -0.3 is 16.0 Å². The van der Waals surface area contributed by atoms with Gasteiger partial charge in [-0.05, 0) is 30.0 Å². The molecule has 3 amide bonds. The molecule has 2 aliphatic heterocycles. The largest absolute Gasteiger partial charge is 0.329 e. The van der Waals surface area contributed by atoms with Crippen LogP contribution in [0.1, 0.15) is 40.7 Å². The zero-order valence-electron chi connectivity index (χ0n) is 14.7. The molecule has 4 N–H and O–H groups in total. The van der Waals surface area contributed by atoms with Crippen LogP contribution < -0.4 is 16.4 Å². The lowest BCUT2D eigenvalue weighted by Crippen LogP contribution is -2.52. The molecule has 2 heterocycles. The highest BCUT2D eigenvalue weighted by Gasteiger charge is 2.38. The molecular weight excluding hydrogens is 332 g/mol. The maximum Gasteiger partial charge on any atom is 0.255 e. The standard InChI is InChI=1S/C19H24N4O3/c1-2-3-14(9-20)21-10-12-4-5-15-13(8-12)11-23(19(15)26)16-6-7-17(24)22-18(16)25/h2,4-5,8,14,16,21H,1,3,6-7,9-11,20H2,(H,22,24,25). The lowest BCUT2D eigenvalue weighted by molar-refractivity contribution is -0.136. The highest BCUT2D eigenvalue weighted by atomic mass is 16.2. The third-order valence-corrected chi connectivity index (χ3v) is 4.92. The van der Waals surface area contributed by atoms with Crippen molar-refractivity contribution in [2.75, 3.05) is 6.54 Å².